The van der Waals surface area contributed by atoms with Crippen molar-refractivity contribution >= 4 is 17.8 Å². The van der Waals surface area contributed by atoms with E-state index in [-0.39, 0.29) is 6.42 Å². The molecule has 0 spiro atoms. The van der Waals surface area contributed by atoms with Gasteiger partial charge in [-0.05, 0) is 41.5 Å². The van der Waals surface area contributed by atoms with Crippen LogP contribution in [-0.4, -0.2) is 35.1 Å². The molecule has 1 N–H and O–H groups in total. The number of hydrogen-bond donors (Lipinski definition) is 1. The highest BCUT2D eigenvalue weighted by atomic mass is 16.6. The SMILES string of the molecule is CC(=O)N[C@@H](CC(=O)OC(C)(C)C)C(=O)OC(C)(C)C. The van der Waals surface area contributed by atoms with Crippen molar-refractivity contribution in [1.82, 2.24) is 5.32 Å². The molecule has 6 heteroatoms. The third-order valence-corrected chi connectivity index (χ3v) is 1.86. The van der Waals surface area contributed by atoms with E-state index >= 15 is 0 Å². The van der Waals surface area contributed by atoms with Crippen LogP contribution in [0, 0.1) is 0 Å². The Morgan fingerprint density at radius 1 is 0.950 bits per heavy atom. The number of carbonyl (C=O) groups excluding carboxylic acids is 3. The molecular weight excluding hydrogens is 262 g/mol. The Labute approximate surface area is 120 Å². The number of esters is 2. The smallest absolute Gasteiger partial charge is 0.329 e. The second-order valence-corrected chi connectivity index (χ2v) is 6.58. The molecule has 0 saturated heterocycles. The monoisotopic (exact) mass is 287 g/mol. The van der Waals surface area contributed by atoms with Gasteiger partial charge >= 0.3 is 11.9 Å². The minimum absolute atomic E-state index is 0.258. The average molecular weight is 287 g/mol. The van der Waals surface area contributed by atoms with Crippen LogP contribution in [0.25, 0.3) is 0 Å². The molecule has 0 saturated carbocycles. The summed E-state index contributed by atoms with van der Waals surface area (Å²) >= 11 is 0. The first-order valence-electron chi connectivity index (χ1n) is 6.52. The highest BCUT2D eigenvalue weighted by molar-refractivity contribution is 5.87. The molecule has 0 aromatic rings. The van der Waals surface area contributed by atoms with Gasteiger partial charge in [0.1, 0.15) is 17.2 Å². The number of rotatable bonds is 4. The largest absolute Gasteiger partial charge is 0.460 e. The minimum Gasteiger partial charge on any atom is -0.460 e. The molecule has 0 rings (SSSR count). The summed E-state index contributed by atoms with van der Waals surface area (Å²) in [7, 11) is 0. The fourth-order valence-corrected chi connectivity index (χ4v) is 1.36. The molecule has 1 amide bonds. The van der Waals surface area contributed by atoms with Crippen LogP contribution < -0.4 is 5.32 Å². The molecule has 0 fully saturated rings. The van der Waals surface area contributed by atoms with Crippen LogP contribution in [0.4, 0.5) is 0 Å². The third-order valence-electron chi connectivity index (χ3n) is 1.86. The quantitative estimate of drug-likeness (QED) is 0.794. The summed E-state index contributed by atoms with van der Waals surface area (Å²) in [6.07, 6.45) is -0.258. The second-order valence-electron chi connectivity index (χ2n) is 6.58. The molecule has 1 atom stereocenters. The van der Waals surface area contributed by atoms with E-state index in [1.807, 2.05) is 0 Å². The maximum Gasteiger partial charge on any atom is 0.329 e. The van der Waals surface area contributed by atoms with Crippen LogP contribution in [0.15, 0.2) is 0 Å². The zero-order valence-corrected chi connectivity index (χ0v) is 13.3. The first kappa shape index (κ1) is 18.4. The van der Waals surface area contributed by atoms with E-state index in [2.05, 4.69) is 5.32 Å². The molecule has 0 aliphatic carbocycles. The van der Waals surface area contributed by atoms with Gasteiger partial charge in [-0.25, -0.2) is 4.79 Å². The highest BCUT2D eigenvalue weighted by Gasteiger charge is 2.29. The summed E-state index contributed by atoms with van der Waals surface area (Å²) in [5.41, 5.74) is -1.34. The number of nitrogens with one attached hydrogen (secondary N) is 1. The van der Waals surface area contributed by atoms with Gasteiger partial charge in [0, 0.05) is 6.92 Å². The number of ether oxygens (including phenoxy) is 2. The Bertz CT molecular complexity index is 376. The topological polar surface area (TPSA) is 81.7 Å². The summed E-state index contributed by atoms with van der Waals surface area (Å²) in [5, 5.41) is 2.40. The Morgan fingerprint density at radius 2 is 1.40 bits per heavy atom. The average Bonchev–Trinajstić information content (AvgIpc) is 2.09. The van der Waals surface area contributed by atoms with Gasteiger partial charge in [-0.1, -0.05) is 0 Å². The Balaban J connectivity index is 4.77. The fraction of sp³-hybridized carbons (Fsp3) is 0.786. The maximum atomic E-state index is 12.0. The summed E-state index contributed by atoms with van der Waals surface area (Å²) in [4.78, 5) is 34.8. The van der Waals surface area contributed by atoms with Gasteiger partial charge in [0.15, 0.2) is 0 Å². The summed E-state index contributed by atoms with van der Waals surface area (Å²) in [5.74, 6) is -1.63. The van der Waals surface area contributed by atoms with Crippen LogP contribution >= 0.6 is 0 Å². The van der Waals surface area contributed by atoms with Crippen LogP contribution in [0.5, 0.6) is 0 Å². The van der Waals surface area contributed by atoms with E-state index in [0.29, 0.717) is 0 Å². The van der Waals surface area contributed by atoms with Gasteiger partial charge in [-0.15, -0.1) is 0 Å². The molecule has 20 heavy (non-hydrogen) atoms. The predicted molar refractivity (Wildman–Crippen MR) is 73.9 cm³/mol. The maximum absolute atomic E-state index is 12.0. The van der Waals surface area contributed by atoms with Gasteiger partial charge in [0.05, 0.1) is 6.42 Å². The van der Waals surface area contributed by atoms with E-state index < -0.39 is 35.1 Å². The number of amides is 1. The zero-order chi connectivity index (χ0) is 16.1. The molecule has 0 aromatic carbocycles. The van der Waals surface area contributed by atoms with E-state index in [4.69, 9.17) is 9.47 Å². The summed E-state index contributed by atoms with van der Waals surface area (Å²) in [6, 6.07) is -1.04. The van der Waals surface area contributed by atoms with Crippen LogP contribution in [0.3, 0.4) is 0 Å². The van der Waals surface area contributed by atoms with E-state index in [0.717, 1.165) is 0 Å². The molecule has 6 nitrogen and oxygen atoms in total. The molecular formula is C14H25NO5. The summed E-state index contributed by atoms with van der Waals surface area (Å²) < 4.78 is 10.3. The molecule has 0 unspecified atom stereocenters. The Hall–Kier alpha value is -1.59. The van der Waals surface area contributed by atoms with Crippen molar-refractivity contribution in [3.8, 4) is 0 Å². The van der Waals surface area contributed by atoms with Crippen molar-refractivity contribution in [2.45, 2.75) is 72.1 Å². The second kappa shape index (κ2) is 6.72. The van der Waals surface area contributed by atoms with E-state index in [1.165, 1.54) is 6.92 Å². The van der Waals surface area contributed by atoms with Gasteiger partial charge in [0.25, 0.3) is 0 Å². The van der Waals surface area contributed by atoms with Crippen molar-refractivity contribution in [2.24, 2.45) is 0 Å². The molecule has 0 aliphatic heterocycles. The number of carbonyl (C=O) groups is 3. The lowest BCUT2D eigenvalue weighted by atomic mass is 10.1. The van der Waals surface area contributed by atoms with Crippen LogP contribution in [-0.2, 0) is 23.9 Å². The Kier molecular flexibility index (Phi) is 6.19. The van der Waals surface area contributed by atoms with Crippen molar-refractivity contribution in [3.05, 3.63) is 0 Å². The van der Waals surface area contributed by atoms with Crippen LogP contribution in [0.1, 0.15) is 54.9 Å². The minimum atomic E-state index is -1.04. The lowest BCUT2D eigenvalue weighted by Crippen LogP contribution is -2.45. The lowest BCUT2D eigenvalue weighted by Gasteiger charge is -2.25. The normalized spacial score (nSPS) is 13.3. The standard InChI is InChI=1S/C14H25NO5/c1-9(16)15-10(12(18)20-14(5,6)7)8-11(17)19-13(2,3)4/h10H,8H2,1-7H3,(H,15,16)/t10-/m0/s1. The predicted octanol–water partition coefficient (Wildman–Crippen LogP) is 1.56. The first-order valence-corrected chi connectivity index (χ1v) is 6.52. The van der Waals surface area contributed by atoms with E-state index in [9.17, 15) is 14.4 Å². The van der Waals surface area contributed by atoms with Gasteiger partial charge in [0.2, 0.25) is 5.91 Å². The number of hydrogen-bond acceptors (Lipinski definition) is 5. The third kappa shape index (κ3) is 9.35. The van der Waals surface area contributed by atoms with Crippen LogP contribution in [0.2, 0.25) is 0 Å². The first-order chi connectivity index (χ1) is 8.80. The summed E-state index contributed by atoms with van der Waals surface area (Å²) in [6.45, 7) is 11.6. The highest BCUT2D eigenvalue weighted by Crippen LogP contribution is 2.13. The lowest BCUT2D eigenvalue weighted by molar-refractivity contribution is -0.165. The fourth-order valence-electron chi connectivity index (χ4n) is 1.36. The molecule has 0 heterocycles. The Morgan fingerprint density at radius 3 is 1.75 bits per heavy atom. The van der Waals surface area contributed by atoms with E-state index in [1.54, 1.807) is 41.5 Å². The van der Waals surface area contributed by atoms with Crippen molar-refractivity contribution in [3.63, 3.8) is 0 Å². The van der Waals surface area contributed by atoms with Gasteiger partial charge in [-0.2, -0.15) is 0 Å². The zero-order valence-electron chi connectivity index (χ0n) is 13.3. The molecule has 0 aromatic heterocycles. The molecule has 0 bridgehead atoms. The van der Waals surface area contributed by atoms with Gasteiger partial charge < -0.3 is 14.8 Å². The molecule has 0 radical (unpaired) electrons. The van der Waals surface area contributed by atoms with Crippen molar-refractivity contribution < 1.29 is 23.9 Å². The van der Waals surface area contributed by atoms with Crippen molar-refractivity contribution in [2.75, 3.05) is 0 Å². The van der Waals surface area contributed by atoms with Crippen molar-refractivity contribution in [1.29, 1.82) is 0 Å². The van der Waals surface area contributed by atoms with Gasteiger partial charge in [-0.3, -0.25) is 9.59 Å². The molecule has 116 valence electrons. The molecule has 0 aliphatic rings.